The SMILES string of the molecule is N#Cc1ccc(S(=O)(=O)N2CCN3CCCC3C2)s1. The van der Waals surface area contributed by atoms with E-state index in [1.54, 1.807) is 16.4 Å². The maximum atomic E-state index is 12.5. The van der Waals surface area contributed by atoms with Crippen molar-refractivity contribution in [3.05, 3.63) is 17.0 Å². The first-order chi connectivity index (χ1) is 9.11. The highest BCUT2D eigenvalue weighted by Gasteiger charge is 2.36. The second kappa shape index (κ2) is 4.87. The number of rotatable bonds is 2. The van der Waals surface area contributed by atoms with E-state index in [9.17, 15) is 8.42 Å². The van der Waals surface area contributed by atoms with Gasteiger partial charge < -0.3 is 0 Å². The predicted molar refractivity (Wildman–Crippen MR) is 72.4 cm³/mol. The molecule has 1 aromatic rings. The van der Waals surface area contributed by atoms with E-state index in [0.717, 1.165) is 37.3 Å². The number of sulfonamides is 1. The van der Waals surface area contributed by atoms with Crippen LogP contribution in [0.15, 0.2) is 16.3 Å². The van der Waals surface area contributed by atoms with Gasteiger partial charge in [0.2, 0.25) is 0 Å². The highest BCUT2D eigenvalue weighted by Crippen LogP contribution is 2.28. The lowest BCUT2D eigenvalue weighted by Gasteiger charge is -2.36. The molecular weight excluding hydrogens is 282 g/mol. The Bertz CT molecular complexity index is 617. The predicted octanol–water partition coefficient (Wildman–Crippen LogP) is 1.09. The van der Waals surface area contributed by atoms with Gasteiger partial charge >= 0.3 is 0 Å². The highest BCUT2D eigenvalue weighted by atomic mass is 32.2. The van der Waals surface area contributed by atoms with Gasteiger partial charge in [0.15, 0.2) is 0 Å². The number of piperazine rings is 1. The molecule has 0 amide bonds. The average molecular weight is 297 g/mol. The molecule has 0 radical (unpaired) electrons. The molecule has 102 valence electrons. The lowest BCUT2D eigenvalue weighted by atomic mass is 10.2. The number of nitriles is 1. The largest absolute Gasteiger partial charge is 0.298 e. The second-order valence-electron chi connectivity index (χ2n) is 4.93. The molecule has 2 saturated heterocycles. The first-order valence-electron chi connectivity index (χ1n) is 6.35. The van der Waals surface area contributed by atoms with Gasteiger partial charge in [-0.05, 0) is 31.5 Å². The van der Waals surface area contributed by atoms with Crippen LogP contribution in [-0.2, 0) is 10.0 Å². The molecule has 19 heavy (non-hydrogen) atoms. The van der Waals surface area contributed by atoms with Crippen molar-refractivity contribution in [1.82, 2.24) is 9.21 Å². The molecule has 2 aliphatic rings. The second-order valence-corrected chi connectivity index (χ2v) is 8.17. The zero-order valence-corrected chi connectivity index (χ0v) is 12.1. The molecule has 1 atom stereocenters. The topological polar surface area (TPSA) is 64.4 Å². The third kappa shape index (κ3) is 2.30. The van der Waals surface area contributed by atoms with Crippen molar-refractivity contribution in [2.24, 2.45) is 0 Å². The summed E-state index contributed by atoms with van der Waals surface area (Å²) in [4.78, 5) is 2.82. The van der Waals surface area contributed by atoms with Gasteiger partial charge in [-0.2, -0.15) is 9.57 Å². The van der Waals surface area contributed by atoms with Crippen LogP contribution >= 0.6 is 11.3 Å². The average Bonchev–Trinajstić information content (AvgIpc) is 3.06. The third-order valence-corrected chi connectivity index (χ3v) is 7.16. The molecule has 1 unspecified atom stereocenters. The van der Waals surface area contributed by atoms with E-state index in [-0.39, 0.29) is 4.21 Å². The zero-order chi connectivity index (χ0) is 13.5. The van der Waals surface area contributed by atoms with E-state index in [2.05, 4.69) is 4.90 Å². The fourth-order valence-corrected chi connectivity index (χ4v) is 5.55. The molecule has 0 aromatic carbocycles. The standard InChI is InChI=1S/C12H15N3O2S2/c13-8-11-3-4-12(18-11)19(16,17)15-7-6-14-5-1-2-10(14)9-15/h3-4,10H,1-2,5-7,9H2. The number of hydrogen-bond donors (Lipinski definition) is 0. The summed E-state index contributed by atoms with van der Waals surface area (Å²) in [5, 5.41) is 8.80. The van der Waals surface area contributed by atoms with Crippen LogP contribution in [0.4, 0.5) is 0 Å². The molecule has 3 rings (SSSR count). The maximum absolute atomic E-state index is 12.5. The Morgan fingerprint density at radius 2 is 2.16 bits per heavy atom. The Hall–Kier alpha value is -0.940. The van der Waals surface area contributed by atoms with Crippen LogP contribution in [-0.4, -0.2) is 49.8 Å². The molecule has 0 aliphatic carbocycles. The summed E-state index contributed by atoms with van der Waals surface area (Å²) in [6, 6.07) is 5.47. The molecular formula is C12H15N3O2S2. The van der Waals surface area contributed by atoms with Crippen molar-refractivity contribution in [3.8, 4) is 6.07 Å². The van der Waals surface area contributed by atoms with E-state index in [1.807, 2.05) is 6.07 Å². The molecule has 0 saturated carbocycles. The molecule has 0 spiro atoms. The van der Waals surface area contributed by atoms with Gasteiger partial charge in [0, 0.05) is 25.7 Å². The van der Waals surface area contributed by atoms with Crippen molar-refractivity contribution in [2.45, 2.75) is 23.1 Å². The van der Waals surface area contributed by atoms with Gasteiger partial charge in [-0.25, -0.2) is 8.42 Å². The molecule has 3 heterocycles. The minimum absolute atomic E-state index is 0.287. The fourth-order valence-electron chi connectivity index (χ4n) is 2.83. The quantitative estimate of drug-likeness (QED) is 0.819. The maximum Gasteiger partial charge on any atom is 0.252 e. The van der Waals surface area contributed by atoms with Crippen LogP contribution in [0, 0.1) is 11.3 Å². The van der Waals surface area contributed by atoms with Crippen molar-refractivity contribution in [1.29, 1.82) is 5.26 Å². The van der Waals surface area contributed by atoms with Crippen LogP contribution in [0.25, 0.3) is 0 Å². The van der Waals surface area contributed by atoms with Crippen LogP contribution in [0.2, 0.25) is 0 Å². The van der Waals surface area contributed by atoms with Gasteiger partial charge in [-0.15, -0.1) is 11.3 Å². The van der Waals surface area contributed by atoms with Crippen LogP contribution in [0.3, 0.4) is 0 Å². The van der Waals surface area contributed by atoms with Crippen molar-refractivity contribution in [3.63, 3.8) is 0 Å². The van der Waals surface area contributed by atoms with E-state index in [0.29, 0.717) is 24.0 Å². The van der Waals surface area contributed by atoms with Crippen molar-refractivity contribution < 1.29 is 8.42 Å². The van der Waals surface area contributed by atoms with E-state index < -0.39 is 10.0 Å². The Balaban J connectivity index is 1.83. The summed E-state index contributed by atoms with van der Waals surface area (Å²) in [7, 11) is -3.42. The molecule has 7 heteroatoms. The Kier molecular flexibility index (Phi) is 3.35. The smallest absolute Gasteiger partial charge is 0.252 e. The monoisotopic (exact) mass is 297 g/mol. The lowest BCUT2D eigenvalue weighted by molar-refractivity contribution is 0.158. The molecule has 1 aromatic heterocycles. The zero-order valence-electron chi connectivity index (χ0n) is 10.4. The van der Waals surface area contributed by atoms with Crippen molar-refractivity contribution in [2.75, 3.05) is 26.2 Å². The number of fused-ring (bicyclic) bond motifs is 1. The van der Waals surface area contributed by atoms with E-state index in [4.69, 9.17) is 5.26 Å². The summed E-state index contributed by atoms with van der Waals surface area (Å²) in [6.07, 6.45) is 2.25. The Labute approximate surface area is 117 Å². The highest BCUT2D eigenvalue weighted by molar-refractivity contribution is 7.91. The Morgan fingerprint density at radius 3 is 2.89 bits per heavy atom. The van der Waals surface area contributed by atoms with Crippen LogP contribution < -0.4 is 0 Å². The normalized spacial score (nSPS) is 25.1. The molecule has 5 nitrogen and oxygen atoms in total. The Morgan fingerprint density at radius 1 is 1.32 bits per heavy atom. The fraction of sp³-hybridized carbons (Fsp3) is 0.583. The summed E-state index contributed by atoms with van der Waals surface area (Å²) in [5.74, 6) is 0. The lowest BCUT2D eigenvalue weighted by Crippen LogP contribution is -2.51. The first-order valence-corrected chi connectivity index (χ1v) is 8.61. The summed E-state index contributed by atoms with van der Waals surface area (Å²) >= 11 is 1.05. The van der Waals surface area contributed by atoms with E-state index in [1.165, 1.54) is 0 Å². The van der Waals surface area contributed by atoms with Crippen LogP contribution in [0.1, 0.15) is 17.7 Å². The van der Waals surface area contributed by atoms with Gasteiger partial charge in [0.05, 0.1) is 0 Å². The van der Waals surface area contributed by atoms with Gasteiger partial charge in [0.1, 0.15) is 15.2 Å². The van der Waals surface area contributed by atoms with Crippen molar-refractivity contribution >= 4 is 21.4 Å². The molecule has 0 N–H and O–H groups in total. The first kappa shape index (κ1) is 13.1. The summed E-state index contributed by atoms with van der Waals surface area (Å²) < 4.78 is 26.9. The number of hydrogen-bond acceptors (Lipinski definition) is 5. The number of nitrogens with zero attached hydrogens (tertiary/aromatic N) is 3. The molecule has 2 aliphatic heterocycles. The van der Waals surface area contributed by atoms with E-state index >= 15 is 0 Å². The van der Waals surface area contributed by atoms with Gasteiger partial charge in [-0.3, -0.25) is 4.90 Å². The number of thiophene rings is 1. The minimum Gasteiger partial charge on any atom is -0.298 e. The summed E-state index contributed by atoms with van der Waals surface area (Å²) in [5.41, 5.74) is 0. The molecule has 2 fully saturated rings. The van der Waals surface area contributed by atoms with Gasteiger partial charge in [-0.1, -0.05) is 0 Å². The van der Waals surface area contributed by atoms with Gasteiger partial charge in [0.25, 0.3) is 10.0 Å². The summed E-state index contributed by atoms with van der Waals surface area (Å²) in [6.45, 7) is 3.05. The minimum atomic E-state index is -3.42. The third-order valence-electron chi connectivity index (χ3n) is 3.84. The molecule has 0 bridgehead atoms. The van der Waals surface area contributed by atoms with Crippen LogP contribution in [0.5, 0.6) is 0 Å².